The van der Waals surface area contributed by atoms with Gasteiger partial charge in [0.15, 0.2) is 0 Å². The van der Waals surface area contributed by atoms with Gasteiger partial charge in [0.1, 0.15) is 5.65 Å². The van der Waals surface area contributed by atoms with E-state index in [-0.39, 0.29) is 12.2 Å². The average Bonchev–Trinajstić information content (AvgIpc) is 3.11. The predicted molar refractivity (Wildman–Crippen MR) is 102 cm³/mol. The van der Waals surface area contributed by atoms with Gasteiger partial charge in [0, 0.05) is 49.4 Å². The molecule has 26 heavy (non-hydrogen) atoms. The Morgan fingerprint density at radius 1 is 1.15 bits per heavy atom. The number of fused-ring (bicyclic) bond motifs is 1. The fraction of sp³-hybridized carbons (Fsp3) is 0.238. The minimum Gasteiger partial charge on any atom is -0.396 e. The van der Waals surface area contributed by atoms with Crippen LogP contribution >= 0.6 is 0 Å². The van der Waals surface area contributed by atoms with Crippen molar-refractivity contribution in [3.63, 3.8) is 0 Å². The second-order valence-corrected chi connectivity index (χ2v) is 6.51. The lowest BCUT2D eigenvalue weighted by molar-refractivity contribution is 0.279. The molecule has 1 atom stereocenters. The average molecular weight is 347 g/mol. The van der Waals surface area contributed by atoms with E-state index < -0.39 is 0 Å². The quantitative estimate of drug-likeness (QED) is 0.771. The van der Waals surface area contributed by atoms with E-state index in [1.54, 1.807) is 16.8 Å². The van der Waals surface area contributed by atoms with Crippen molar-refractivity contribution in [3.8, 4) is 11.1 Å². The highest BCUT2D eigenvalue weighted by molar-refractivity contribution is 5.67. The number of aliphatic hydroxyl groups is 1. The standard InChI is InChI=1S/C21H21N3O2/c25-12-4-9-23-10-7-18(14-21(23)26)17-8-11-24-19(15-22-20(24)13-17)16-5-2-1-3-6-16/h1-3,5,7-8,10-11,13-16,25H,4,6,9,12H2. The number of allylic oxidation sites excluding steroid dienone is 4. The Labute approximate surface area is 151 Å². The van der Waals surface area contributed by atoms with E-state index in [1.165, 1.54) is 5.69 Å². The molecule has 5 nitrogen and oxygen atoms in total. The van der Waals surface area contributed by atoms with Crippen LogP contribution in [-0.4, -0.2) is 25.7 Å². The van der Waals surface area contributed by atoms with Gasteiger partial charge < -0.3 is 14.1 Å². The largest absolute Gasteiger partial charge is 0.396 e. The molecule has 132 valence electrons. The molecule has 1 aliphatic rings. The SMILES string of the molecule is O=c1cc(-c2ccn3c(C4C=CC=CC4)cnc3c2)ccn1CCCO. The highest BCUT2D eigenvalue weighted by Gasteiger charge is 2.14. The highest BCUT2D eigenvalue weighted by atomic mass is 16.3. The number of aromatic nitrogens is 3. The third-order valence-corrected chi connectivity index (χ3v) is 4.79. The third-order valence-electron chi connectivity index (χ3n) is 4.79. The van der Waals surface area contributed by atoms with Crippen LogP contribution in [0, 0.1) is 0 Å². The fourth-order valence-electron chi connectivity index (χ4n) is 3.37. The Morgan fingerprint density at radius 2 is 2.00 bits per heavy atom. The molecule has 0 aliphatic heterocycles. The van der Waals surface area contributed by atoms with E-state index in [0.29, 0.717) is 18.9 Å². The van der Waals surface area contributed by atoms with E-state index in [9.17, 15) is 4.79 Å². The molecule has 0 spiro atoms. The molecule has 1 aliphatic carbocycles. The monoisotopic (exact) mass is 347 g/mol. The molecule has 0 amide bonds. The van der Waals surface area contributed by atoms with Gasteiger partial charge in [-0.25, -0.2) is 4.98 Å². The zero-order valence-corrected chi connectivity index (χ0v) is 14.5. The van der Waals surface area contributed by atoms with Gasteiger partial charge in [-0.1, -0.05) is 24.3 Å². The van der Waals surface area contributed by atoms with Gasteiger partial charge in [-0.05, 0) is 42.2 Å². The second kappa shape index (κ2) is 7.14. The van der Waals surface area contributed by atoms with Crippen molar-refractivity contribution < 1.29 is 5.11 Å². The van der Waals surface area contributed by atoms with Crippen molar-refractivity contribution in [2.45, 2.75) is 25.3 Å². The number of rotatable bonds is 5. The Bertz CT molecular complexity index is 1040. The summed E-state index contributed by atoms with van der Waals surface area (Å²) in [5, 5.41) is 8.92. The maximum absolute atomic E-state index is 12.2. The molecule has 0 radical (unpaired) electrons. The molecule has 5 heteroatoms. The number of imidazole rings is 1. The fourth-order valence-corrected chi connectivity index (χ4v) is 3.37. The molecule has 3 heterocycles. The first-order chi connectivity index (χ1) is 12.8. The molecule has 0 aromatic carbocycles. The minimum absolute atomic E-state index is 0.0565. The van der Waals surface area contributed by atoms with Crippen LogP contribution < -0.4 is 5.56 Å². The Hall–Kier alpha value is -2.92. The molecule has 4 rings (SSSR count). The number of aryl methyl sites for hydroxylation is 1. The van der Waals surface area contributed by atoms with Crippen molar-refractivity contribution in [2.75, 3.05) is 6.61 Å². The molecular weight excluding hydrogens is 326 g/mol. The van der Waals surface area contributed by atoms with E-state index >= 15 is 0 Å². The summed E-state index contributed by atoms with van der Waals surface area (Å²) >= 11 is 0. The lowest BCUT2D eigenvalue weighted by Gasteiger charge is -2.13. The van der Waals surface area contributed by atoms with Gasteiger partial charge >= 0.3 is 0 Å². The first kappa shape index (κ1) is 16.5. The number of hydrogen-bond donors (Lipinski definition) is 1. The van der Waals surface area contributed by atoms with Crippen LogP contribution in [0.2, 0.25) is 0 Å². The van der Waals surface area contributed by atoms with Crippen molar-refractivity contribution in [3.05, 3.63) is 83.2 Å². The van der Waals surface area contributed by atoms with Gasteiger partial charge in [-0.2, -0.15) is 0 Å². The summed E-state index contributed by atoms with van der Waals surface area (Å²) in [6.07, 6.45) is 15.8. The molecule has 0 saturated carbocycles. The summed E-state index contributed by atoms with van der Waals surface area (Å²) in [5.41, 5.74) is 3.85. The first-order valence-electron chi connectivity index (χ1n) is 8.88. The van der Waals surface area contributed by atoms with Crippen LogP contribution in [-0.2, 0) is 6.54 Å². The number of pyridine rings is 2. The number of hydrogen-bond acceptors (Lipinski definition) is 3. The van der Waals surface area contributed by atoms with Crippen LogP contribution in [0.5, 0.6) is 0 Å². The van der Waals surface area contributed by atoms with E-state index in [2.05, 4.69) is 33.7 Å². The topological polar surface area (TPSA) is 59.5 Å². The normalized spacial score (nSPS) is 16.4. The van der Waals surface area contributed by atoms with Crippen LogP contribution in [0.25, 0.3) is 16.8 Å². The van der Waals surface area contributed by atoms with Crippen LogP contribution in [0.1, 0.15) is 24.5 Å². The van der Waals surface area contributed by atoms with Crippen molar-refractivity contribution in [1.29, 1.82) is 0 Å². The maximum Gasteiger partial charge on any atom is 0.251 e. The summed E-state index contributed by atoms with van der Waals surface area (Å²) in [5.74, 6) is 0.344. The maximum atomic E-state index is 12.2. The van der Waals surface area contributed by atoms with Crippen LogP contribution in [0.15, 0.2) is 72.0 Å². The number of aliphatic hydroxyl groups excluding tert-OH is 1. The van der Waals surface area contributed by atoms with Gasteiger partial charge in [0.05, 0.1) is 0 Å². The summed E-state index contributed by atoms with van der Waals surface area (Å²) < 4.78 is 3.73. The zero-order valence-electron chi connectivity index (χ0n) is 14.5. The third kappa shape index (κ3) is 3.13. The van der Waals surface area contributed by atoms with Crippen molar-refractivity contribution in [1.82, 2.24) is 14.0 Å². The zero-order chi connectivity index (χ0) is 17.9. The Kier molecular flexibility index (Phi) is 4.54. The molecule has 0 saturated heterocycles. The molecule has 1 N–H and O–H groups in total. The molecular formula is C21H21N3O2. The van der Waals surface area contributed by atoms with Gasteiger partial charge in [-0.15, -0.1) is 0 Å². The van der Waals surface area contributed by atoms with E-state index in [1.807, 2.05) is 30.6 Å². The molecule has 3 aromatic heterocycles. The Morgan fingerprint density at radius 3 is 2.77 bits per heavy atom. The lowest BCUT2D eigenvalue weighted by atomic mass is 9.98. The van der Waals surface area contributed by atoms with E-state index in [4.69, 9.17) is 5.11 Å². The summed E-state index contributed by atoms with van der Waals surface area (Å²) in [4.78, 5) is 16.8. The van der Waals surface area contributed by atoms with Crippen molar-refractivity contribution in [2.24, 2.45) is 0 Å². The summed E-state index contributed by atoms with van der Waals surface area (Å²) in [6, 6.07) is 7.61. The lowest BCUT2D eigenvalue weighted by Crippen LogP contribution is -2.19. The molecule has 1 unspecified atom stereocenters. The van der Waals surface area contributed by atoms with E-state index in [0.717, 1.165) is 23.2 Å². The smallest absolute Gasteiger partial charge is 0.251 e. The van der Waals surface area contributed by atoms with Crippen LogP contribution in [0.3, 0.4) is 0 Å². The Balaban J connectivity index is 1.66. The second-order valence-electron chi connectivity index (χ2n) is 6.51. The number of nitrogens with zero attached hydrogens (tertiary/aromatic N) is 3. The minimum atomic E-state index is -0.0565. The van der Waals surface area contributed by atoms with Crippen molar-refractivity contribution >= 4 is 5.65 Å². The van der Waals surface area contributed by atoms with Gasteiger partial charge in [-0.3, -0.25) is 4.79 Å². The van der Waals surface area contributed by atoms with Crippen LogP contribution in [0.4, 0.5) is 0 Å². The van der Waals surface area contributed by atoms with Gasteiger partial charge in [0.25, 0.3) is 5.56 Å². The first-order valence-corrected chi connectivity index (χ1v) is 8.88. The highest BCUT2D eigenvalue weighted by Crippen LogP contribution is 2.27. The van der Waals surface area contributed by atoms with Gasteiger partial charge in [0.2, 0.25) is 0 Å². The molecule has 0 fully saturated rings. The summed E-state index contributed by atoms with van der Waals surface area (Å²) in [6.45, 7) is 0.612. The molecule has 0 bridgehead atoms. The summed E-state index contributed by atoms with van der Waals surface area (Å²) in [7, 11) is 0. The predicted octanol–water partition coefficient (Wildman–Crippen LogP) is 3.15. The molecule has 3 aromatic rings.